The first-order chi connectivity index (χ1) is 6.29. The van der Waals surface area contributed by atoms with E-state index in [9.17, 15) is 0 Å². The molecule has 0 aromatic heterocycles. The molecule has 2 N–H and O–H groups in total. The largest absolute Gasteiger partial charge is 0.330 e. The van der Waals surface area contributed by atoms with Gasteiger partial charge in [-0.3, -0.25) is 4.48 Å². The monoisotopic (exact) mass is 181 g/mol. The molecule has 0 spiro atoms. The second kappa shape index (κ2) is 4.58. The van der Waals surface area contributed by atoms with Crippen LogP contribution < -0.4 is 5.73 Å². The van der Waals surface area contributed by atoms with E-state index in [0.717, 1.165) is 30.5 Å². The number of quaternary nitrogens is 1. The molecule has 13 heavy (non-hydrogen) atoms. The molecule has 0 radical (unpaired) electrons. The fourth-order valence-electron chi connectivity index (χ4n) is 2.12. The van der Waals surface area contributed by atoms with Crippen LogP contribution in [0.1, 0.15) is 20.3 Å². The molecule has 2 heteroatoms. The number of allylic oxidation sites excluding steroid dienone is 2. The Balaban J connectivity index is 2.78. The average Bonchev–Trinajstić information content (AvgIpc) is 2.20. The van der Waals surface area contributed by atoms with Crippen molar-refractivity contribution in [3.05, 3.63) is 24.4 Å². The van der Waals surface area contributed by atoms with Crippen molar-refractivity contribution in [1.29, 1.82) is 0 Å². The maximum atomic E-state index is 5.62. The van der Waals surface area contributed by atoms with E-state index in [2.05, 4.69) is 38.3 Å². The van der Waals surface area contributed by atoms with E-state index in [1.54, 1.807) is 0 Å². The van der Waals surface area contributed by atoms with Crippen LogP contribution >= 0.6 is 0 Å². The molecule has 0 aromatic rings. The van der Waals surface area contributed by atoms with E-state index >= 15 is 0 Å². The maximum absolute atomic E-state index is 5.62. The Bertz CT molecular complexity index is 202. The highest BCUT2D eigenvalue weighted by atomic mass is 15.4. The van der Waals surface area contributed by atoms with E-state index in [4.69, 9.17) is 5.73 Å². The topological polar surface area (TPSA) is 26.0 Å². The molecule has 1 atom stereocenters. The van der Waals surface area contributed by atoms with Crippen LogP contribution in [0.3, 0.4) is 0 Å². The van der Waals surface area contributed by atoms with Gasteiger partial charge in [0.15, 0.2) is 0 Å². The first-order valence-corrected chi connectivity index (χ1v) is 5.21. The standard InChI is InChI=1S/C11H21N2/c1-3-13(4-2)10-6-5-7-11(13)8-9-12/h5-7,10-11H,3-4,8-9,12H2,1-2H3/q+1. The molecule has 1 heterocycles. The SMILES string of the molecule is CC[N+]1(CC)C=CC=CC1CCN. The van der Waals surface area contributed by atoms with Gasteiger partial charge in [0.1, 0.15) is 6.04 Å². The van der Waals surface area contributed by atoms with Crippen molar-refractivity contribution in [2.45, 2.75) is 26.3 Å². The Morgan fingerprint density at radius 3 is 2.46 bits per heavy atom. The fourth-order valence-corrected chi connectivity index (χ4v) is 2.12. The van der Waals surface area contributed by atoms with E-state index < -0.39 is 0 Å². The zero-order valence-corrected chi connectivity index (χ0v) is 8.74. The number of nitrogens with zero attached hydrogens (tertiary/aromatic N) is 1. The van der Waals surface area contributed by atoms with Gasteiger partial charge in [0.25, 0.3) is 0 Å². The third-order valence-corrected chi connectivity index (χ3v) is 3.13. The minimum atomic E-state index is 0.588. The quantitative estimate of drug-likeness (QED) is 0.656. The molecule has 74 valence electrons. The van der Waals surface area contributed by atoms with Crippen LogP contribution in [0.25, 0.3) is 0 Å². The molecule has 0 fully saturated rings. The van der Waals surface area contributed by atoms with Gasteiger partial charge >= 0.3 is 0 Å². The maximum Gasteiger partial charge on any atom is 0.113 e. The number of hydrogen-bond donors (Lipinski definition) is 1. The summed E-state index contributed by atoms with van der Waals surface area (Å²) in [6, 6.07) is 0.588. The molecule has 0 aromatic carbocycles. The molecule has 2 nitrogen and oxygen atoms in total. The van der Waals surface area contributed by atoms with Crippen LogP contribution in [-0.4, -0.2) is 30.2 Å². The van der Waals surface area contributed by atoms with Crippen molar-refractivity contribution in [3.63, 3.8) is 0 Å². The predicted molar refractivity (Wildman–Crippen MR) is 57.1 cm³/mol. The first-order valence-electron chi connectivity index (χ1n) is 5.21. The molecule has 0 saturated heterocycles. The Kier molecular flexibility index (Phi) is 3.70. The van der Waals surface area contributed by atoms with Crippen molar-refractivity contribution in [2.75, 3.05) is 19.6 Å². The molecular formula is C11H21N2+. The van der Waals surface area contributed by atoms with Gasteiger partial charge in [-0.25, -0.2) is 0 Å². The second-order valence-electron chi connectivity index (χ2n) is 3.61. The zero-order valence-electron chi connectivity index (χ0n) is 8.74. The van der Waals surface area contributed by atoms with Crippen molar-refractivity contribution in [1.82, 2.24) is 0 Å². The van der Waals surface area contributed by atoms with Crippen LogP contribution in [0.5, 0.6) is 0 Å². The minimum Gasteiger partial charge on any atom is -0.330 e. The lowest BCUT2D eigenvalue weighted by atomic mass is 10.1. The van der Waals surface area contributed by atoms with Gasteiger partial charge in [-0.05, 0) is 32.5 Å². The molecule has 1 unspecified atom stereocenters. The highest BCUT2D eigenvalue weighted by Crippen LogP contribution is 2.21. The van der Waals surface area contributed by atoms with E-state index in [0.29, 0.717) is 6.04 Å². The van der Waals surface area contributed by atoms with Crippen LogP contribution in [0.4, 0.5) is 0 Å². The van der Waals surface area contributed by atoms with Crippen molar-refractivity contribution >= 4 is 0 Å². The molecule has 1 aliphatic heterocycles. The van der Waals surface area contributed by atoms with Crippen LogP contribution in [0.15, 0.2) is 24.4 Å². The van der Waals surface area contributed by atoms with Crippen molar-refractivity contribution in [2.24, 2.45) is 5.73 Å². The lowest BCUT2D eigenvalue weighted by Crippen LogP contribution is -2.51. The van der Waals surface area contributed by atoms with Crippen LogP contribution in [0.2, 0.25) is 0 Å². The van der Waals surface area contributed by atoms with Crippen molar-refractivity contribution < 1.29 is 4.48 Å². The molecule has 0 amide bonds. The first kappa shape index (κ1) is 10.5. The highest BCUT2D eigenvalue weighted by Gasteiger charge is 2.30. The molecule has 0 aliphatic carbocycles. The summed E-state index contributed by atoms with van der Waals surface area (Å²) in [6.45, 7) is 7.58. The Hall–Kier alpha value is -0.600. The Labute approximate surface area is 81.3 Å². The summed E-state index contributed by atoms with van der Waals surface area (Å²) in [5, 5.41) is 0. The van der Waals surface area contributed by atoms with Crippen LogP contribution in [-0.2, 0) is 0 Å². The molecule has 0 saturated carbocycles. The van der Waals surface area contributed by atoms with E-state index in [1.165, 1.54) is 0 Å². The lowest BCUT2D eigenvalue weighted by Gasteiger charge is -2.40. The molecule has 0 bridgehead atoms. The highest BCUT2D eigenvalue weighted by molar-refractivity contribution is 5.08. The van der Waals surface area contributed by atoms with Gasteiger partial charge in [0.2, 0.25) is 0 Å². The van der Waals surface area contributed by atoms with Gasteiger partial charge in [0.05, 0.1) is 19.3 Å². The summed E-state index contributed by atoms with van der Waals surface area (Å²) in [6.07, 6.45) is 9.98. The Morgan fingerprint density at radius 2 is 1.92 bits per heavy atom. The van der Waals surface area contributed by atoms with E-state index in [1.807, 2.05) is 0 Å². The predicted octanol–water partition coefficient (Wildman–Crippen LogP) is 1.64. The summed E-state index contributed by atoms with van der Waals surface area (Å²) in [7, 11) is 0. The third kappa shape index (κ3) is 2.01. The molecule has 1 rings (SSSR count). The summed E-state index contributed by atoms with van der Waals surface area (Å²) in [4.78, 5) is 0. The second-order valence-corrected chi connectivity index (χ2v) is 3.61. The van der Waals surface area contributed by atoms with Gasteiger partial charge in [-0.1, -0.05) is 6.08 Å². The summed E-state index contributed by atoms with van der Waals surface area (Å²) >= 11 is 0. The number of likely N-dealkylation sites (N-methyl/N-ethyl adjacent to an activating group) is 1. The average molecular weight is 181 g/mol. The smallest absolute Gasteiger partial charge is 0.113 e. The van der Waals surface area contributed by atoms with Gasteiger partial charge in [-0.2, -0.15) is 0 Å². The third-order valence-electron chi connectivity index (χ3n) is 3.13. The summed E-state index contributed by atoms with van der Waals surface area (Å²) in [5.41, 5.74) is 5.62. The fraction of sp³-hybridized carbons (Fsp3) is 0.636. The van der Waals surface area contributed by atoms with Crippen molar-refractivity contribution in [3.8, 4) is 0 Å². The van der Waals surface area contributed by atoms with Gasteiger partial charge in [0, 0.05) is 6.42 Å². The zero-order chi connectivity index (χ0) is 9.73. The van der Waals surface area contributed by atoms with Gasteiger partial charge < -0.3 is 5.73 Å². The van der Waals surface area contributed by atoms with Crippen LogP contribution in [0, 0.1) is 0 Å². The summed E-state index contributed by atoms with van der Waals surface area (Å²) < 4.78 is 1.06. The molecular weight excluding hydrogens is 160 g/mol. The number of hydrogen-bond acceptors (Lipinski definition) is 1. The van der Waals surface area contributed by atoms with Gasteiger partial charge in [-0.15, -0.1) is 0 Å². The number of rotatable bonds is 4. The summed E-state index contributed by atoms with van der Waals surface area (Å²) in [5.74, 6) is 0. The Morgan fingerprint density at radius 1 is 1.23 bits per heavy atom. The minimum absolute atomic E-state index is 0.588. The number of nitrogens with two attached hydrogens (primary N) is 1. The molecule has 1 aliphatic rings. The lowest BCUT2D eigenvalue weighted by molar-refractivity contribution is -0.895. The van der Waals surface area contributed by atoms with E-state index in [-0.39, 0.29) is 0 Å². The normalized spacial score (nSPS) is 25.0.